The number of alkyl halides is 3. The molecule has 10 heteroatoms. The molecule has 6 nitrogen and oxygen atoms in total. The molecule has 1 aliphatic heterocycles. The van der Waals surface area contributed by atoms with Gasteiger partial charge in [-0.1, -0.05) is 43.3 Å². The van der Waals surface area contributed by atoms with Crippen LogP contribution in [0.25, 0.3) is 0 Å². The Bertz CT molecular complexity index is 1390. The minimum Gasteiger partial charge on any atom is -0.406 e. The smallest absolute Gasteiger partial charge is 0.406 e. The highest BCUT2D eigenvalue weighted by Gasteiger charge is 2.39. The topological polar surface area (TPSA) is 74.2 Å². The Morgan fingerprint density at radius 1 is 0.975 bits per heavy atom. The van der Waals surface area contributed by atoms with Crippen molar-refractivity contribution in [3.63, 3.8) is 0 Å². The molecule has 3 aromatic rings. The number of aryl methyl sites for hydroxylation is 2. The quantitative estimate of drug-likeness (QED) is 0.336. The summed E-state index contributed by atoms with van der Waals surface area (Å²) < 4.78 is 63.8. The highest BCUT2D eigenvalue weighted by Crippen LogP contribution is 2.41. The average molecular weight is 574 g/mol. The molecule has 40 heavy (non-hydrogen) atoms. The van der Waals surface area contributed by atoms with Crippen molar-refractivity contribution < 1.29 is 27.2 Å². The fourth-order valence-corrected chi connectivity index (χ4v) is 7.64. The Morgan fingerprint density at radius 2 is 1.57 bits per heavy atom. The number of halogens is 3. The van der Waals surface area contributed by atoms with Crippen LogP contribution in [0.2, 0.25) is 0 Å². The maximum atomic E-state index is 14.2. The van der Waals surface area contributed by atoms with Gasteiger partial charge in [-0.2, -0.15) is 0 Å². The Kier molecular flexibility index (Phi) is 8.39. The molecular weight excluding hydrogens is 539 g/mol. The highest BCUT2D eigenvalue weighted by atomic mass is 32.2. The number of anilines is 2. The Morgan fingerprint density at radius 3 is 2.15 bits per heavy atom. The molecule has 0 bridgehead atoms. The van der Waals surface area contributed by atoms with Gasteiger partial charge in [0.25, 0.3) is 0 Å². The summed E-state index contributed by atoms with van der Waals surface area (Å²) in [7, 11) is -3.25. The minimum atomic E-state index is -4.82. The Balaban J connectivity index is 1.46. The van der Waals surface area contributed by atoms with Crippen molar-refractivity contribution in [3.8, 4) is 5.75 Å². The lowest BCUT2D eigenvalue weighted by Gasteiger charge is -2.43. The molecule has 1 unspecified atom stereocenters. The minimum absolute atomic E-state index is 0.246. The van der Waals surface area contributed by atoms with Crippen LogP contribution in [0.4, 0.5) is 24.5 Å². The first-order valence-corrected chi connectivity index (χ1v) is 15.2. The summed E-state index contributed by atoms with van der Waals surface area (Å²) in [5.74, 6) is -0.398. The molecule has 2 N–H and O–H groups in total. The molecule has 1 fully saturated rings. The second-order valence-corrected chi connectivity index (χ2v) is 12.3. The van der Waals surface area contributed by atoms with Crippen LogP contribution in [0.5, 0.6) is 5.75 Å². The van der Waals surface area contributed by atoms with Crippen molar-refractivity contribution in [2.75, 3.05) is 11.4 Å². The van der Waals surface area contributed by atoms with Crippen LogP contribution in [0, 0.1) is 0 Å². The number of rotatable bonds is 7. The van der Waals surface area contributed by atoms with Crippen molar-refractivity contribution >= 4 is 21.3 Å². The second-order valence-electron chi connectivity index (χ2n) is 10.2. The van der Waals surface area contributed by atoms with E-state index in [1.54, 1.807) is 0 Å². The molecule has 3 aromatic carbocycles. The number of nitrogens with one attached hydrogen (secondary N) is 1. The fourth-order valence-electron chi connectivity index (χ4n) is 5.67. The predicted molar refractivity (Wildman–Crippen MR) is 150 cm³/mol. The van der Waals surface area contributed by atoms with Crippen LogP contribution in [0.3, 0.4) is 0 Å². The fraction of sp³-hybridized carbons (Fsp3) is 0.400. The SMILES string of the molecule is CCCN=S(=O)(N[C@@H]1CCC[C@H](N2c3ccccc3CCc3ccccc32)[C@H]1O)c1ccc(OC(F)(F)F)cc1. The van der Waals surface area contributed by atoms with Crippen molar-refractivity contribution in [3.05, 3.63) is 83.9 Å². The maximum absolute atomic E-state index is 14.2. The van der Waals surface area contributed by atoms with E-state index in [1.165, 1.54) is 23.3 Å². The molecule has 0 radical (unpaired) electrons. The number of ether oxygens (including phenoxy) is 1. The monoisotopic (exact) mass is 573 g/mol. The van der Waals surface area contributed by atoms with Crippen LogP contribution in [-0.4, -0.2) is 40.4 Å². The summed E-state index contributed by atoms with van der Waals surface area (Å²) in [5.41, 5.74) is 4.55. The van der Waals surface area contributed by atoms with Crippen LogP contribution >= 0.6 is 0 Å². The molecule has 4 atom stereocenters. The summed E-state index contributed by atoms with van der Waals surface area (Å²) in [6.07, 6.45) is -1.13. The van der Waals surface area contributed by atoms with E-state index < -0.39 is 34.2 Å². The van der Waals surface area contributed by atoms with Gasteiger partial charge in [-0.15, -0.1) is 13.2 Å². The van der Waals surface area contributed by atoms with Crippen LogP contribution in [0.15, 0.2) is 82.1 Å². The van der Waals surface area contributed by atoms with E-state index in [0.29, 0.717) is 19.4 Å². The Hall–Kier alpha value is -3.08. The first kappa shape index (κ1) is 28.4. The summed E-state index contributed by atoms with van der Waals surface area (Å²) in [6, 6.07) is 20.6. The van der Waals surface area contributed by atoms with E-state index in [-0.39, 0.29) is 10.9 Å². The highest BCUT2D eigenvalue weighted by molar-refractivity contribution is 7.91. The van der Waals surface area contributed by atoms with Crippen LogP contribution < -0.4 is 14.4 Å². The third-order valence-electron chi connectivity index (χ3n) is 7.50. The van der Waals surface area contributed by atoms with Crippen LogP contribution in [0.1, 0.15) is 43.7 Å². The van der Waals surface area contributed by atoms with Crippen molar-refractivity contribution in [2.24, 2.45) is 4.36 Å². The van der Waals surface area contributed by atoms with Gasteiger partial charge in [0.2, 0.25) is 0 Å². The average Bonchev–Trinajstić information content (AvgIpc) is 3.10. The summed E-state index contributed by atoms with van der Waals surface area (Å²) in [5, 5.41) is 11.8. The lowest BCUT2D eigenvalue weighted by Crippen LogP contribution is -2.55. The molecule has 5 rings (SSSR count). The van der Waals surface area contributed by atoms with Gasteiger partial charge in [0.15, 0.2) is 0 Å². The molecular formula is C30H34F3N3O3S. The lowest BCUT2D eigenvalue weighted by atomic mass is 9.86. The number of hydrogen-bond donors (Lipinski definition) is 2. The zero-order valence-electron chi connectivity index (χ0n) is 22.3. The van der Waals surface area contributed by atoms with E-state index >= 15 is 0 Å². The normalized spacial score (nSPS) is 22.4. The van der Waals surface area contributed by atoms with Gasteiger partial charge in [-0.3, -0.25) is 0 Å². The van der Waals surface area contributed by atoms with Crippen molar-refractivity contribution in [1.82, 2.24) is 4.72 Å². The van der Waals surface area contributed by atoms with Crippen molar-refractivity contribution in [1.29, 1.82) is 0 Å². The van der Waals surface area contributed by atoms with Gasteiger partial charge >= 0.3 is 6.36 Å². The number of aliphatic hydroxyl groups excluding tert-OH is 1. The number of benzene rings is 3. The first-order valence-electron chi connectivity index (χ1n) is 13.7. The number of fused-ring (bicyclic) bond motifs is 2. The standard InChI is InChI=1S/C30H34F3N3O3S/c1-2-20-34-40(38,24-18-16-23(17-19-24)39-30(31,32)33)35-25-10-7-13-28(29(25)37)36-26-11-5-3-8-21(26)14-15-22-9-4-6-12-27(22)36/h3-6,8-9,11-12,16-19,25,28-29,37H,2,7,10,13-15,20H2,1H3,(H,34,35,38)/t25-,28+,29+,40?/m1/s1. The first-order chi connectivity index (χ1) is 19.2. The number of nitrogens with zero attached hydrogens (tertiary/aromatic N) is 2. The zero-order valence-corrected chi connectivity index (χ0v) is 23.1. The lowest BCUT2D eigenvalue weighted by molar-refractivity contribution is -0.274. The van der Waals surface area contributed by atoms with E-state index in [0.717, 1.165) is 49.2 Å². The van der Waals surface area contributed by atoms with Crippen LogP contribution in [-0.2, 0) is 22.8 Å². The van der Waals surface area contributed by atoms with E-state index in [2.05, 4.69) is 43.0 Å². The van der Waals surface area contributed by atoms with Gasteiger partial charge in [0.1, 0.15) is 15.7 Å². The molecule has 2 aliphatic rings. The predicted octanol–water partition coefficient (Wildman–Crippen LogP) is 6.55. The van der Waals surface area contributed by atoms with E-state index in [1.807, 2.05) is 31.2 Å². The van der Waals surface area contributed by atoms with Gasteiger partial charge in [-0.25, -0.2) is 13.3 Å². The molecule has 1 saturated carbocycles. The molecule has 214 valence electrons. The van der Waals surface area contributed by atoms with Gasteiger partial charge in [0.05, 0.1) is 17.0 Å². The second kappa shape index (κ2) is 11.8. The number of hydrogen-bond acceptors (Lipinski definition) is 5. The maximum Gasteiger partial charge on any atom is 0.573 e. The summed E-state index contributed by atoms with van der Waals surface area (Å²) >= 11 is 0. The number of para-hydroxylation sites is 2. The van der Waals surface area contributed by atoms with E-state index in [9.17, 15) is 22.5 Å². The van der Waals surface area contributed by atoms with E-state index in [4.69, 9.17) is 0 Å². The number of aliphatic hydroxyl groups is 1. The molecule has 1 aliphatic carbocycles. The van der Waals surface area contributed by atoms with Gasteiger partial charge in [-0.05, 0) is 86.1 Å². The summed E-state index contributed by atoms with van der Waals surface area (Å²) in [6.45, 7) is 2.20. The summed E-state index contributed by atoms with van der Waals surface area (Å²) in [4.78, 5) is 2.49. The largest absolute Gasteiger partial charge is 0.573 e. The molecule has 0 aromatic heterocycles. The van der Waals surface area contributed by atoms with Gasteiger partial charge < -0.3 is 14.7 Å². The zero-order chi connectivity index (χ0) is 28.3. The molecule has 0 saturated heterocycles. The third-order valence-corrected chi connectivity index (χ3v) is 9.58. The molecule has 0 spiro atoms. The van der Waals surface area contributed by atoms with Crippen molar-refractivity contribution in [2.45, 2.75) is 74.9 Å². The molecule has 0 amide bonds. The molecule has 1 heterocycles. The van der Waals surface area contributed by atoms with Gasteiger partial charge in [0, 0.05) is 24.0 Å². The third kappa shape index (κ3) is 6.14. The Labute approximate surface area is 233 Å².